The first-order valence-electron chi connectivity index (χ1n) is 9.64. The molecule has 1 unspecified atom stereocenters. The Morgan fingerprint density at radius 3 is 2.55 bits per heavy atom. The van der Waals surface area contributed by atoms with Crippen molar-refractivity contribution in [3.05, 3.63) is 89.6 Å². The molecule has 29 heavy (non-hydrogen) atoms. The van der Waals surface area contributed by atoms with E-state index in [1.165, 1.54) is 5.56 Å². The fraction of sp³-hybridized carbons (Fsp3) is 0.217. The molecule has 6 heteroatoms. The van der Waals surface area contributed by atoms with Gasteiger partial charge in [0.1, 0.15) is 5.82 Å². The number of rotatable bonds is 6. The van der Waals surface area contributed by atoms with E-state index in [9.17, 15) is 0 Å². The van der Waals surface area contributed by atoms with Crippen LogP contribution in [0.2, 0.25) is 0 Å². The van der Waals surface area contributed by atoms with Crippen LogP contribution >= 0.6 is 0 Å². The number of hydrogen-bond acceptors (Lipinski definition) is 6. The lowest BCUT2D eigenvalue weighted by atomic mass is 10.0. The third kappa shape index (κ3) is 4.32. The van der Waals surface area contributed by atoms with E-state index in [-0.39, 0.29) is 12.0 Å². The molecule has 3 heterocycles. The van der Waals surface area contributed by atoms with E-state index in [2.05, 4.69) is 56.6 Å². The summed E-state index contributed by atoms with van der Waals surface area (Å²) in [6.45, 7) is 6.15. The average Bonchev–Trinajstić information content (AvgIpc) is 3.24. The van der Waals surface area contributed by atoms with Gasteiger partial charge in [-0.15, -0.1) is 0 Å². The Bertz CT molecular complexity index is 1090. The van der Waals surface area contributed by atoms with Crippen LogP contribution in [-0.2, 0) is 0 Å². The summed E-state index contributed by atoms with van der Waals surface area (Å²) in [6.07, 6.45) is 3.54. The molecule has 6 nitrogen and oxygen atoms in total. The minimum Gasteiger partial charge on any atom is -0.358 e. The van der Waals surface area contributed by atoms with E-state index < -0.39 is 0 Å². The summed E-state index contributed by atoms with van der Waals surface area (Å²) in [7, 11) is 0. The predicted octanol–water partition coefficient (Wildman–Crippen LogP) is 5.16. The van der Waals surface area contributed by atoms with Gasteiger partial charge in [-0.2, -0.15) is 4.98 Å². The zero-order valence-corrected chi connectivity index (χ0v) is 16.7. The van der Waals surface area contributed by atoms with E-state index in [0.717, 1.165) is 16.8 Å². The van der Waals surface area contributed by atoms with Crippen LogP contribution in [0, 0.1) is 6.92 Å². The van der Waals surface area contributed by atoms with Gasteiger partial charge in [-0.1, -0.05) is 54.9 Å². The molecule has 4 rings (SSSR count). The summed E-state index contributed by atoms with van der Waals surface area (Å²) in [5, 5.41) is 7.57. The van der Waals surface area contributed by atoms with Gasteiger partial charge < -0.3 is 9.84 Å². The van der Waals surface area contributed by atoms with Crippen molar-refractivity contribution in [3.8, 4) is 11.5 Å². The van der Waals surface area contributed by atoms with Crippen molar-refractivity contribution in [1.29, 1.82) is 0 Å². The van der Waals surface area contributed by atoms with Crippen LogP contribution < -0.4 is 5.32 Å². The average molecular weight is 385 g/mol. The molecule has 0 saturated carbocycles. The molecular weight excluding hydrogens is 362 g/mol. The zero-order chi connectivity index (χ0) is 20.2. The van der Waals surface area contributed by atoms with Gasteiger partial charge in [0, 0.05) is 23.9 Å². The normalized spacial score (nSPS) is 12.1. The number of benzene rings is 1. The van der Waals surface area contributed by atoms with Gasteiger partial charge in [0.25, 0.3) is 5.89 Å². The minimum absolute atomic E-state index is 0.132. The molecule has 4 aromatic rings. The zero-order valence-electron chi connectivity index (χ0n) is 16.7. The lowest BCUT2D eigenvalue weighted by molar-refractivity contribution is 0.419. The quantitative estimate of drug-likeness (QED) is 0.494. The predicted molar refractivity (Wildman–Crippen MR) is 112 cm³/mol. The summed E-state index contributed by atoms with van der Waals surface area (Å²) < 4.78 is 5.43. The van der Waals surface area contributed by atoms with Crippen molar-refractivity contribution in [1.82, 2.24) is 20.1 Å². The van der Waals surface area contributed by atoms with Crippen LogP contribution in [0.15, 0.2) is 71.5 Å². The van der Waals surface area contributed by atoms with Crippen LogP contribution in [0.1, 0.15) is 48.5 Å². The molecule has 0 aliphatic rings. The molecule has 0 spiro atoms. The van der Waals surface area contributed by atoms with Crippen LogP contribution in [0.4, 0.5) is 5.82 Å². The molecule has 0 radical (unpaired) electrons. The fourth-order valence-electron chi connectivity index (χ4n) is 3.10. The summed E-state index contributed by atoms with van der Waals surface area (Å²) in [5.74, 6) is 2.10. The first-order valence-corrected chi connectivity index (χ1v) is 9.64. The van der Waals surface area contributed by atoms with E-state index in [4.69, 9.17) is 4.52 Å². The number of anilines is 1. The highest BCUT2D eigenvalue weighted by molar-refractivity contribution is 5.59. The topological polar surface area (TPSA) is 76.7 Å². The van der Waals surface area contributed by atoms with Gasteiger partial charge >= 0.3 is 0 Å². The van der Waals surface area contributed by atoms with Crippen molar-refractivity contribution < 1.29 is 4.52 Å². The summed E-state index contributed by atoms with van der Waals surface area (Å²) in [4.78, 5) is 13.5. The standard InChI is InChI=1S/C23H23N5O/c1-15(2)22-27-23(29-28-22)18-10-12-25-20(14-18)26-21(19-9-4-5-11-24-19)17-8-6-7-16(3)13-17/h4-15,21H,1-3H3,(H,25,26). The molecule has 3 aromatic heterocycles. The number of nitrogens with one attached hydrogen (secondary N) is 1. The molecule has 0 amide bonds. The number of aromatic nitrogens is 4. The first kappa shape index (κ1) is 18.8. The second-order valence-electron chi connectivity index (χ2n) is 7.29. The maximum atomic E-state index is 5.43. The Kier molecular flexibility index (Phi) is 5.33. The van der Waals surface area contributed by atoms with Gasteiger partial charge in [0.05, 0.1) is 11.7 Å². The van der Waals surface area contributed by atoms with Gasteiger partial charge in [-0.05, 0) is 36.8 Å². The van der Waals surface area contributed by atoms with Crippen molar-refractivity contribution in [2.24, 2.45) is 0 Å². The Labute approximate surface area is 170 Å². The number of hydrogen-bond donors (Lipinski definition) is 1. The van der Waals surface area contributed by atoms with Crippen LogP contribution in [0.25, 0.3) is 11.5 Å². The van der Waals surface area contributed by atoms with Gasteiger partial charge in [-0.3, -0.25) is 4.98 Å². The molecule has 0 aliphatic carbocycles. The van der Waals surface area contributed by atoms with Crippen molar-refractivity contribution in [2.45, 2.75) is 32.7 Å². The molecule has 1 N–H and O–H groups in total. The lowest BCUT2D eigenvalue weighted by Gasteiger charge is -2.20. The van der Waals surface area contributed by atoms with Gasteiger partial charge in [0.15, 0.2) is 5.82 Å². The Balaban J connectivity index is 1.67. The molecule has 146 valence electrons. The Hall–Kier alpha value is -3.54. The monoisotopic (exact) mass is 385 g/mol. The summed E-state index contributed by atoms with van der Waals surface area (Å²) in [6, 6.07) is 18.0. The smallest absolute Gasteiger partial charge is 0.258 e. The highest BCUT2D eigenvalue weighted by atomic mass is 16.5. The van der Waals surface area contributed by atoms with E-state index in [1.54, 1.807) is 12.4 Å². The lowest BCUT2D eigenvalue weighted by Crippen LogP contribution is -2.14. The number of nitrogens with zero attached hydrogens (tertiary/aromatic N) is 4. The van der Waals surface area contributed by atoms with Gasteiger partial charge in [0.2, 0.25) is 0 Å². The maximum absolute atomic E-state index is 5.43. The van der Waals surface area contributed by atoms with E-state index in [1.807, 2.05) is 44.2 Å². The third-order valence-corrected chi connectivity index (χ3v) is 4.62. The molecular formula is C23H23N5O. The van der Waals surface area contributed by atoms with Crippen LogP contribution in [0.5, 0.6) is 0 Å². The van der Waals surface area contributed by atoms with E-state index in [0.29, 0.717) is 17.5 Å². The Morgan fingerprint density at radius 1 is 0.931 bits per heavy atom. The first-order chi connectivity index (χ1) is 14.1. The van der Waals surface area contributed by atoms with Crippen molar-refractivity contribution >= 4 is 5.82 Å². The second kappa shape index (κ2) is 8.22. The van der Waals surface area contributed by atoms with E-state index >= 15 is 0 Å². The molecule has 0 aliphatic heterocycles. The van der Waals surface area contributed by atoms with Crippen LogP contribution in [0.3, 0.4) is 0 Å². The largest absolute Gasteiger partial charge is 0.358 e. The minimum atomic E-state index is -0.132. The summed E-state index contributed by atoms with van der Waals surface area (Å²) >= 11 is 0. The highest BCUT2D eigenvalue weighted by Gasteiger charge is 2.17. The Morgan fingerprint density at radius 2 is 1.83 bits per heavy atom. The number of pyridine rings is 2. The highest BCUT2D eigenvalue weighted by Crippen LogP contribution is 2.27. The number of aryl methyl sites for hydroxylation is 1. The molecule has 1 aromatic carbocycles. The SMILES string of the molecule is Cc1cccc(C(Nc2cc(-c3nc(C(C)C)no3)ccn2)c2ccccn2)c1. The second-order valence-corrected chi connectivity index (χ2v) is 7.29. The fourth-order valence-corrected chi connectivity index (χ4v) is 3.10. The van der Waals surface area contributed by atoms with Crippen molar-refractivity contribution in [3.63, 3.8) is 0 Å². The van der Waals surface area contributed by atoms with Crippen LogP contribution in [-0.4, -0.2) is 20.1 Å². The summed E-state index contributed by atoms with van der Waals surface area (Å²) in [5.41, 5.74) is 4.06. The molecule has 0 fully saturated rings. The molecule has 1 atom stereocenters. The molecule has 0 bridgehead atoms. The van der Waals surface area contributed by atoms with Gasteiger partial charge in [-0.25, -0.2) is 4.98 Å². The van der Waals surface area contributed by atoms with Crippen molar-refractivity contribution in [2.75, 3.05) is 5.32 Å². The maximum Gasteiger partial charge on any atom is 0.258 e. The third-order valence-electron chi connectivity index (χ3n) is 4.62. The molecule has 0 saturated heterocycles.